The van der Waals surface area contributed by atoms with E-state index in [2.05, 4.69) is 70.8 Å². The lowest BCUT2D eigenvalue weighted by atomic mass is 9.86. The molecule has 1 atom stereocenters. The van der Waals surface area contributed by atoms with Gasteiger partial charge in [0, 0.05) is 5.70 Å². The fourth-order valence-corrected chi connectivity index (χ4v) is 3.94. The SMILES string of the molecule is C=C(N)C(C)Cc1c(CC)c(=C)c2c(C)c3ccccc3cc2c1=C. The Morgan fingerprint density at radius 3 is 2.40 bits per heavy atom. The van der Waals surface area contributed by atoms with Crippen molar-refractivity contribution in [3.8, 4) is 0 Å². The van der Waals surface area contributed by atoms with Crippen LogP contribution >= 0.6 is 0 Å². The van der Waals surface area contributed by atoms with Gasteiger partial charge in [0.05, 0.1) is 0 Å². The molecule has 3 rings (SSSR count). The van der Waals surface area contributed by atoms with E-state index in [9.17, 15) is 0 Å². The molecule has 0 amide bonds. The van der Waals surface area contributed by atoms with E-state index in [0.717, 1.165) is 29.0 Å². The summed E-state index contributed by atoms with van der Waals surface area (Å²) in [7, 11) is 0. The molecule has 0 fully saturated rings. The van der Waals surface area contributed by atoms with Crippen LogP contribution in [-0.2, 0) is 12.8 Å². The summed E-state index contributed by atoms with van der Waals surface area (Å²) in [6.45, 7) is 19.4. The Kier molecular flexibility index (Phi) is 4.43. The van der Waals surface area contributed by atoms with Gasteiger partial charge < -0.3 is 5.73 Å². The highest BCUT2D eigenvalue weighted by Crippen LogP contribution is 2.26. The van der Waals surface area contributed by atoms with Gasteiger partial charge in [-0.3, -0.25) is 0 Å². The molecular weight excluding hydrogens is 302 g/mol. The van der Waals surface area contributed by atoms with Crippen LogP contribution in [0.4, 0.5) is 0 Å². The first-order chi connectivity index (χ1) is 11.9. The van der Waals surface area contributed by atoms with Gasteiger partial charge in [-0.05, 0) is 80.4 Å². The number of fused-ring (bicyclic) bond motifs is 2. The van der Waals surface area contributed by atoms with Crippen molar-refractivity contribution in [2.75, 3.05) is 0 Å². The predicted molar refractivity (Wildman–Crippen MR) is 112 cm³/mol. The van der Waals surface area contributed by atoms with Crippen LogP contribution in [0.3, 0.4) is 0 Å². The first-order valence-electron chi connectivity index (χ1n) is 8.94. The van der Waals surface area contributed by atoms with Crippen LogP contribution in [0, 0.1) is 12.8 Å². The van der Waals surface area contributed by atoms with Crippen LogP contribution in [0.2, 0.25) is 0 Å². The quantitative estimate of drug-likeness (QED) is 0.708. The summed E-state index contributed by atoms with van der Waals surface area (Å²) in [5, 5.41) is 7.26. The zero-order chi connectivity index (χ0) is 18.3. The number of hydrogen-bond acceptors (Lipinski definition) is 1. The number of hydrogen-bond donors (Lipinski definition) is 1. The molecule has 25 heavy (non-hydrogen) atoms. The highest BCUT2D eigenvalue weighted by atomic mass is 14.6. The third-order valence-corrected chi connectivity index (χ3v) is 5.53. The molecule has 0 saturated heterocycles. The van der Waals surface area contributed by atoms with Gasteiger partial charge in [-0.2, -0.15) is 0 Å². The number of rotatable bonds is 4. The maximum absolute atomic E-state index is 5.94. The zero-order valence-electron chi connectivity index (χ0n) is 15.6. The van der Waals surface area contributed by atoms with Crippen molar-refractivity contribution in [3.05, 3.63) is 69.7 Å². The summed E-state index contributed by atoms with van der Waals surface area (Å²) in [6, 6.07) is 10.8. The Bertz CT molecular complexity index is 1090. The van der Waals surface area contributed by atoms with Gasteiger partial charge in [-0.1, -0.05) is 57.8 Å². The van der Waals surface area contributed by atoms with Crippen LogP contribution in [-0.4, -0.2) is 0 Å². The summed E-state index contributed by atoms with van der Waals surface area (Å²) in [5.41, 5.74) is 10.6. The second kappa shape index (κ2) is 6.40. The van der Waals surface area contributed by atoms with Gasteiger partial charge in [0.1, 0.15) is 0 Å². The molecule has 0 aliphatic carbocycles. The van der Waals surface area contributed by atoms with E-state index in [1.807, 2.05) is 0 Å². The highest BCUT2D eigenvalue weighted by Gasteiger charge is 2.15. The average molecular weight is 329 g/mol. The lowest BCUT2D eigenvalue weighted by Gasteiger charge is -2.19. The maximum Gasteiger partial charge on any atom is 0.00395 e. The molecule has 0 bridgehead atoms. The molecular formula is C24H27N. The molecule has 0 spiro atoms. The van der Waals surface area contributed by atoms with Gasteiger partial charge in [-0.15, -0.1) is 0 Å². The van der Waals surface area contributed by atoms with Gasteiger partial charge in [0.15, 0.2) is 0 Å². The molecule has 0 aliphatic rings. The molecule has 3 aromatic rings. The van der Waals surface area contributed by atoms with E-state index in [1.165, 1.54) is 38.2 Å². The topological polar surface area (TPSA) is 26.0 Å². The Labute approximate surface area is 150 Å². The third-order valence-electron chi connectivity index (χ3n) is 5.53. The molecule has 0 radical (unpaired) electrons. The fourth-order valence-electron chi connectivity index (χ4n) is 3.94. The minimum atomic E-state index is 0.226. The maximum atomic E-state index is 5.94. The molecule has 1 nitrogen and oxygen atoms in total. The molecule has 0 heterocycles. The molecule has 1 unspecified atom stereocenters. The summed E-state index contributed by atoms with van der Waals surface area (Å²) < 4.78 is 0. The van der Waals surface area contributed by atoms with Crippen molar-refractivity contribution in [1.82, 2.24) is 0 Å². The molecule has 3 aromatic carbocycles. The number of allylic oxidation sites excluding steroid dienone is 1. The van der Waals surface area contributed by atoms with Crippen LogP contribution in [0.5, 0.6) is 0 Å². The number of aryl methyl sites for hydroxylation is 1. The molecule has 0 saturated carbocycles. The summed E-state index contributed by atoms with van der Waals surface area (Å²) in [5.74, 6) is 0.226. The Balaban J connectivity index is 2.45. The second-order valence-electron chi connectivity index (χ2n) is 7.09. The van der Waals surface area contributed by atoms with Gasteiger partial charge >= 0.3 is 0 Å². The van der Waals surface area contributed by atoms with Gasteiger partial charge in [0.2, 0.25) is 0 Å². The summed E-state index contributed by atoms with van der Waals surface area (Å²) in [4.78, 5) is 0. The molecule has 2 N–H and O–H groups in total. The fraction of sp³-hybridized carbons (Fsp3) is 0.250. The van der Waals surface area contributed by atoms with Crippen molar-refractivity contribution in [1.29, 1.82) is 0 Å². The van der Waals surface area contributed by atoms with E-state index in [4.69, 9.17) is 5.73 Å². The largest absolute Gasteiger partial charge is 0.402 e. The van der Waals surface area contributed by atoms with E-state index < -0.39 is 0 Å². The first kappa shape index (κ1) is 17.3. The van der Waals surface area contributed by atoms with Crippen LogP contribution in [0.1, 0.15) is 30.5 Å². The average Bonchev–Trinajstić information content (AvgIpc) is 2.59. The monoisotopic (exact) mass is 329 g/mol. The summed E-state index contributed by atoms with van der Waals surface area (Å²) >= 11 is 0. The van der Waals surface area contributed by atoms with Crippen molar-refractivity contribution in [3.63, 3.8) is 0 Å². The predicted octanol–water partition coefficient (Wildman–Crippen LogP) is 4.34. The highest BCUT2D eigenvalue weighted by molar-refractivity contribution is 6.03. The van der Waals surface area contributed by atoms with Crippen molar-refractivity contribution in [2.24, 2.45) is 11.7 Å². The van der Waals surface area contributed by atoms with E-state index in [-0.39, 0.29) is 5.92 Å². The van der Waals surface area contributed by atoms with E-state index in [0.29, 0.717) is 0 Å². The Hall–Kier alpha value is -2.54. The van der Waals surface area contributed by atoms with E-state index >= 15 is 0 Å². The van der Waals surface area contributed by atoms with Crippen molar-refractivity contribution >= 4 is 34.7 Å². The summed E-state index contributed by atoms with van der Waals surface area (Å²) in [6.07, 6.45) is 1.81. The van der Waals surface area contributed by atoms with Crippen molar-refractivity contribution < 1.29 is 0 Å². The molecule has 1 heteroatoms. The molecule has 0 aliphatic heterocycles. The normalized spacial score (nSPS) is 12.6. The van der Waals surface area contributed by atoms with Crippen LogP contribution < -0.4 is 16.2 Å². The van der Waals surface area contributed by atoms with Crippen molar-refractivity contribution in [2.45, 2.75) is 33.6 Å². The first-order valence-corrected chi connectivity index (χ1v) is 8.94. The molecule has 0 aromatic heterocycles. The van der Waals surface area contributed by atoms with Gasteiger partial charge in [-0.25, -0.2) is 0 Å². The zero-order valence-corrected chi connectivity index (χ0v) is 15.6. The molecule has 128 valence electrons. The minimum Gasteiger partial charge on any atom is -0.402 e. The van der Waals surface area contributed by atoms with Gasteiger partial charge in [0.25, 0.3) is 0 Å². The Morgan fingerprint density at radius 2 is 1.76 bits per heavy atom. The van der Waals surface area contributed by atoms with E-state index in [1.54, 1.807) is 0 Å². The number of benzene rings is 3. The Morgan fingerprint density at radius 1 is 1.08 bits per heavy atom. The number of nitrogens with two attached hydrogens (primary N) is 1. The van der Waals surface area contributed by atoms with Crippen LogP contribution in [0.15, 0.2) is 42.6 Å². The smallest absolute Gasteiger partial charge is 0.00395 e. The lowest BCUT2D eigenvalue weighted by Crippen LogP contribution is -2.25. The minimum absolute atomic E-state index is 0.226. The standard InChI is InChI=1S/C24H27N/c1-7-20-16(4)24-17(5)21-11-9-8-10-19(21)13-23(24)15(3)22(20)12-14(2)18(6)25/h8-11,13-14H,3-4,6-7,12,25H2,1-2,5H3. The second-order valence-corrected chi connectivity index (χ2v) is 7.09. The third kappa shape index (κ3) is 2.74. The lowest BCUT2D eigenvalue weighted by molar-refractivity contribution is 0.665. The van der Waals surface area contributed by atoms with Crippen LogP contribution in [0.25, 0.3) is 34.7 Å².